The van der Waals surface area contributed by atoms with Gasteiger partial charge in [0.1, 0.15) is 24.4 Å². The van der Waals surface area contributed by atoms with E-state index in [2.05, 4.69) is 4.65 Å². The van der Waals surface area contributed by atoms with Gasteiger partial charge in [0.15, 0.2) is 6.29 Å². The van der Waals surface area contributed by atoms with E-state index in [1.54, 1.807) is 0 Å². The first-order valence-electron chi connectivity index (χ1n) is 4.05. The molecular weight excluding hydrogens is 211 g/mol. The number of aliphatic hydroxyl groups is 4. The Morgan fingerprint density at radius 2 is 1.67 bits per heavy atom. The fourth-order valence-corrected chi connectivity index (χ4v) is 0.793. The van der Waals surface area contributed by atoms with Crippen LogP contribution in [0.5, 0.6) is 0 Å². The molecule has 0 bridgehead atoms. The van der Waals surface area contributed by atoms with Gasteiger partial charge >= 0.3 is 7.32 Å². The summed E-state index contributed by atoms with van der Waals surface area (Å²) in [4.78, 5) is 10.0. The summed E-state index contributed by atoms with van der Waals surface area (Å²) < 4.78 is 4.11. The molecule has 0 aromatic carbocycles. The molecule has 0 aliphatic rings. The van der Waals surface area contributed by atoms with Gasteiger partial charge in [-0.25, -0.2) is 0 Å². The standard InChI is InChI=1S/C6H13BO8/c8-1-3(9)5(11)6(12)4(10)2-15-7(13)14/h1,3-6,9-14H,2H2/t3-,4+,5+,6+/m0/s1. The average Bonchev–Trinajstić information content (AvgIpc) is 2.22. The number of aldehydes is 1. The van der Waals surface area contributed by atoms with Crippen molar-refractivity contribution in [1.82, 2.24) is 0 Å². The van der Waals surface area contributed by atoms with Crippen molar-refractivity contribution in [2.45, 2.75) is 24.4 Å². The molecule has 0 aromatic heterocycles. The van der Waals surface area contributed by atoms with Crippen LogP contribution in [-0.4, -0.2) is 75.1 Å². The lowest BCUT2D eigenvalue weighted by Gasteiger charge is -2.23. The third-order valence-electron chi connectivity index (χ3n) is 1.65. The van der Waals surface area contributed by atoms with Gasteiger partial charge in [0.05, 0.1) is 6.61 Å². The third kappa shape index (κ3) is 5.18. The highest BCUT2D eigenvalue weighted by molar-refractivity contribution is 6.32. The van der Waals surface area contributed by atoms with Crippen LogP contribution in [-0.2, 0) is 9.45 Å². The summed E-state index contributed by atoms with van der Waals surface area (Å²) >= 11 is 0. The average molecular weight is 224 g/mol. The number of aliphatic hydroxyl groups excluding tert-OH is 4. The Morgan fingerprint density at radius 1 is 1.13 bits per heavy atom. The molecule has 0 aromatic rings. The Kier molecular flexibility index (Phi) is 6.60. The molecule has 0 amide bonds. The van der Waals surface area contributed by atoms with Gasteiger partial charge in [-0.05, 0) is 0 Å². The first kappa shape index (κ1) is 14.5. The molecule has 0 radical (unpaired) electrons. The van der Waals surface area contributed by atoms with Gasteiger partial charge in [0, 0.05) is 0 Å². The van der Waals surface area contributed by atoms with Crippen LogP contribution in [0.4, 0.5) is 0 Å². The number of rotatable bonds is 7. The smallest absolute Gasteiger partial charge is 0.402 e. The summed E-state index contributed by atoms with van der Waals surface area (Å²) in [6, 6.07) is 0. The largest absolute Gasteiger partial charge is 0.633 e. The normalized spacial score (nSPS) is 19.1. The van der Waals surface area contributed by atoms with Crippen LogP contribution in [0, 0.1) is 0 Å². The first-order valence-corrected chi connectivity index (χ1v) is 4.05. The van der Waals surface area contributed by atoms with Gasteiger partial charge in [-0.3, -0.25) is 0 Å². The van der Waals surface area contributed by atoms with Crippen molar-refractivity contribution in [2.24, 2.45) is 0 Å². The highest BCUT2D eigenvalue weighted by Gasteiger charge is 2.30. The van der Waals surface area contributed by atoms with Gasteiger partial charge < -0.3 is 39.9 Å². The van der Waals surface area contributed by atoms with Crippen molar-refractivity contribution in [1.29, 1.82) is 0 Å². The number of hydrogen-bond acceptors (Lipinski definition) is 8. The van der Waals surface area contributed by atoms with Crippen LogP contribution < -0.4 is 0 Å². The van der Waals surface area contributed by atoms with E-state index in [9.17, 15) is 4.79 Å². The predicted molar refractivity (Wildman–Crippen MR) is 46.2 cm³/mol. The van der Waals surface area contributed by atoms with Crippen LogP contribution in [0.25, 0.3) is 0 Å². The zero-order chi connectivity index (χ0) is 12.0. The molecule has 0 rings (SSSR count). The van der Waals surface area contributed by atoms with Crippen molar-refractivity contribution < 1.29 is 39.9 Å². The SMILES string of the molecule is O=C[C@H](O)[C@@H](O)[C@H](O)[C@H](O)COB(O)O. The molecule has 8 nitrogen and oxygen atoms in total. The monoisotopic (exact) mass is 224 g/mol. The molecule has 0 fully saturated rings. The summed E-state index contributed by atoms with van der Waals surface area (Å²) in [6.45, 7) is -0.679. The Bertz CT molecular complexity index is 188. The van der Waals surface area contributed by atoms with Crippen molar-refractivity contribution in [3.05, 3.63) is 0 Å². The molecule has 0 saturated carbocycles. The predicted octanol–water partition coefficient (Wildman–Crippen LogP) is -4.38. The van der Waals surface area contributed by atoms with Crippen molar-refractivity contribution in [3.8, 4) is 0 Å². The highest BCUT2D eigenvalue weighted by atomic mass is 16.6. The molecule has 4 atom stereocenters. The number of carbonyl (C=O) groups is 1. The fourth-order valence-electron chi connectivity index (χ4n) is 0.793. The summed E-state index contributed by atoms with van der Waals surface area (Å²) in [5, 5.41) is 52.6. The second-order valence-corrected chi connectivity index (χ2v) is 2.83. The quantitative estimate of drug-likeness (QED) is 0.187. The van der Waals surface area contributed by atoms with E-state index in [-0.39, 0.29) is 6.29 Å². The summed E-state index contributed by atoms with van der Waals surface area (Å²) in [7, 11) is -2.13. The van der Waals surface area contributed by atoms with Crippen LogP contribution in [0.1, 0.15) is 0 Å². The zero-order valence-corrected chi connectivity index (χ0v) is 7.67. The van der Waals surface area contributed by atoms with Gasteiger partial charge in [-0.1, -0.05) is 0 Å². The lowest BCUT2D eigenvalue weighted by molar-refractivity contribution is -0.136. The number of hydrogen-bond donors (Lipinski definition) is 6. The molecular formula is C6H13BO8. The molecule has 15 heavy (non-hydrogen) atoms. The van der Waals surface area contributed by atoms with Crippen LogP contribution in [0.15, 0.2) is 0 Å². The van der Waals surface area contributed by atoms with E-state index in [0.29, 0.717) is 0 Å². The second-order valence-electron chi connectivity index (χ2n) is 2.83. The Balaban J connectivity index is 4.06. The number of carbonyl (C=O) groups excluding carboxylic acids is 1. The topological polar surface area (TPSA) is 148 Å². The molecule has 6 N–H and O–H groups in total. The Labute approximate surface area is 85.5 Å². The molecule has 0 aliphatic heterocycles. The minimum atomic E-state index is -2.13. The molecule has 0 spiro atoms. The van der Waals surface area contributed by atoms with Gasteiger partial charge in [-0.2, -0.15) is 0 Å². The fraction of sp³-hybridized carbons (Fsp3) is 0.833. The van der Waals surface area contributed by atoms with E-state index in [1.165, 1.54) is 0 Å². The maximum absolute atomic E-state index is 10.0. The van der Waals surface area contributed by atoms with E-state index in [4.69, 9.17) is 30.5 Å². The molecule has 9 heteroatoms. The summed E-state index contributed by atoms with van der Waals surface area (Å²) in [5.41, 5.74) is 0. The van der Waals surface area contributed by atoms with E-state index >= 15 is 0 Å². The Morgan fingerprint density at radius 3 is 2.07 bits per heavy atom. The molecule has 0 saturated heterocycles. The first-order chi connectivity index (χ1) is 6.90. The maximum Gasteiger partial charge on any atom is 0.633 e. The summed E-state index contributed by atoms with van der Waals surface area (Å²) in [6.07, 6.45) is -7.24. The Hall–Kier alpha value is -0.545. The zero-order valence-electron chi connectivity index (χ0n) is 7.67. The molecule has 88 valence electrons. The van der Waals surface area contributed by atoms with E-state index in [0.717, 1.165) is 0 Å². The lowest BCUT2D eigenvalue weighted by Crippen LogP contribution is -2.47. The van der Waals surface area contributed by atoms with Crippen LogP contribution in [0.3, 0.4) is 0 Å². The van der Waals surface area contributed by atoms with Gasteiger partial charge in [-0.15, -0.1) is 0 Å². The van der Waals surface area contributed by atoms with Crippen molar-refractivity contribution >= 4 is 13.6 Å². The van der Waals surface area contributed by atoms with Gasteiger partial charge in [0.25, 0.3) is 0 Å². The lowest BCUT2D eigenvalue weighted by atomic mass is 10.0. The summed E-state index contributed by atoms with van der Waals surface area (Å²) in [5.74, 6) is 0. The maximum atomic E-state index is 10.0. The molecule has 0 heterocycles. The minimum Gasteiger partial charge on any atom is -0.402 e. The molecule has 0 unspecified atom stereocenters. The van der Waals surface area contributed by atoms with E-state index in [1.807, 2.05) is 0 Å². The van der Waals surface area contributed by atoms with Gasteiger partial charge in [0.2, 0.25) is 0 Å². The van der Waals surface area contributed by atoms with E-state index < -0.39 is 38.3 Å². The third-order valence-corrected chi connectivity index (χ3v) is 1.65. The van der Waals surface area contributed by atoms with Crippen molar-refractivity contribution in [3.63, 3.8) is 0 Å². The highest BCUT2D eigenvalue weighted by Crippen LogP contribution is 2.04. The van der Waals surface area contributed by atoms with Crippen LogP contribution in [0.2, 0.25) is 0 Å². The second kappa shape index (κ2) is 6.85. The van der Waals surface area contributed by atoms with Crippen molar-refractivity contribution in [2.75, 3.05) is 6.61 Å². The van der Waals surface area contributed by atoms with Crippen LogP contribution >= 0.6 is 0 Å². The molecule has 0 aliphatic carbocycles. The minimum absolute atomic E-state index is 0.0116.